The Labute approximate surface area is 123 Å². The molecule has 0 rings (SSSR count). The summed E-state index contributed by atoms with van der Waals surface area (Å²) in [4.78, 5) is 0. The van der Waals surface area contributed by atoms with E-state index in [1.54, 1.807) is 0 Å². The van der Waals surface area contributed by atoms with Gasteiger partial charge < -0.3 is 0 Å². The zero-order chi connectivity index (χ0) is 12.9. The van der Waals surface area contributed by atoms with Gasteiger partial charge in [-0.2, -0.15) is 0 Å². The van der Waals surface area contributed by atoms with Crippen molar-refractivity contribution in [2.75, 3.05) is 0 Å². The fraction of sp³-hybridized carbons (Fsp3) is 1.00. The van der Waals surface area contributed by atoms with Gasteiger partial charge in [-0.05, 0) is 0 Å². The smallest absolute Gasteiger partial charge is 0 e. The van der Waals surface area contributed by atoms with Crippen molar-refractivity contribution in [2.24, 2.45) is 0 Å². The van der Waals surface area contributed by atoms with Gasteiger partial charge in [0.05, 0.1) is 0 Å². The summed E-state index contributed by atoms with van der Waals surface area (Å²) in [6, 6.07) is 0. The molecule has 0 N–H and O–H groups in total. The molecule has 0 atom stereocenters. The fourth-order valence-electron chi connectivity index (χ4n) is 3.02. The quantitative estimate of drug-likeness (QED) is 0.381. The molecule has 4 heteroatoms. The maximum absolute atomic E-state index is 7.12. The van der Waals surface area contributed by atoms with Crippen LogP contribution >= 0.6 is 27.8 Å². The van der Waals surface area contributed by atoms with Crippen molar-refractivity contribution in [2.45, 2.75) is 77.8 Å². The molecule has 0 spiro atoms. The summed E-state index contributed by atoms with van der Waals surface area (Å²) < 4.78 is 0. The van der Waals surface area contributed by atoms with Crippen LogP contribution in [0, 0.1) is 0 Å². The number of hydrogen-bond donors (Lipinski definition) is 0. The summed E-state index contributed by atoms with van der Waals surface area (Å²) in [5.74, 6) is 0. The first kappa shape index (κ1) is 19.9. The second-order valence-electron chi connectivity index (χ2n) is 7.42. The van der Waals surface area contributed by atoms with Gasteiger partial charge in [0.15, 0.2) is 0 Å². The minimum atomic E-state index is -2.90. The monoisotopic (exact) mass is 346 g/mol. The SMILES string of the molecule is CC(C)(C)P(Cl)(Cl)(C(C)(C)C)C(C)(C)C.[Ge]. The maximum Gasteiger partial charge on any atom is 0 e. The van der Waals surface area contributed by atoms with Gasteiger partial charge in [0.25, 0.3) is 0 Å². The molecule has 0 saturated carbocycles. The van der Waals surface area contributed by atoms with Crippen LogP contribution in [-0.2, 0) is 0 Å². The van der Waals surface area contributed by atoms with E-state index in [9.17, 15) is 0 Å². The second kappa shape index (κ2) is 4.58. The average molecular weight is 346 g/mol. The van der Waals surface area contributed by atoms with E-state index in [4.69, 9.17) is 22.5 Å². The molecule has 4 radical (unpaired) electrons. The van der Waals surface area contributed by atoms with E-state index in [1.807, 2.05) is 0 Å². The molecule has 0 saturated heterocycles. The van der Waals surface area contributed by atoms with E-state index in [2.05, 4.69) is 62.3 Å². The summed E-state index contributed by atoms with van der Waals surface area (Å²) in [6.07, 6.45) is 0. The van der Waals surface area contributed by atoms with E-state index < -0.39 is 5.31 Å². The van der Waals surface area contributed by atoms with Crippen molar-refractivity contribution in [3.05, 3.63) is 0 Å². The Hall–Kier alpha value is 1.55. The Morgan fingerprint density at radius 3 is 0.688 bits per heavy atom. The summed E-state index contributed by atoms with van der Waals surface area (Å²) in [5, 5.41) is -3.13. The van der Waals surface area contributed by atoms with E-state index >= 15 is 0 Å². The fourth-order valence-corrected chi connectivity index (χ4v) is 9.06. The van der Waals surface area contributed by atoms with Gasteiger partial charge in [-0.3, -0.25) is 0 Å². The summed E-state index contributed by atoms with van der Waals surface area (Å²) in [5.41, 5.74) is 0. The average Bonchev–Trinajstić information content (AvgIpc) is 1.78. The second-order valence-corrected chi connectivity index (χ2v) is 17.8. The molecule has 0 bridgehead atoms. The van der Waals surface area contributed by atoms with Crippen LogP contribution < -0.4 is 0 Å². The van der Waals surface area contributed by atoms with Gasteiger partial charge in [-0.25, -0.2) is 0 Å². The van der Waals surface area contributed by atoms with E-state index in [1.165, 1.54) is 0 Å². The predicted octanol–water partition coefficient (Wildman–Crippen LogP) is 5.86. The molecule has 16 heavy (non-hydrogen) atoms. The molecule has 0 aliphatic heterocycles. The van der Waals surface area contributed by atoms with Gasteiger partial charge in [0, 0.05) is 17.6 Å². The van der Waals surface area contributed by atoms with Crippen molar-refractivity contribution in [3.8, 4) is 0 Å². The van der Waals surface area contributed by atoms with E-state index in [0.29, 0.717) is 0 Å². The minimum absolute atomic E-state index is 0. The van der Waals surface area contributed by atoms with Crippen LogP contribution in [0.1, 0.15) is 62.3 Å². The standard InChI is InChI=1S/C12H27Cl2P.Ge/c1-10(2,3)15(13,14,11(4,5)6)12(7,8)9;/h1-9H3;. The molecule has 98 valence electrons. The van der Waals surface area contributed by atoms with Crippen LogP contribution in [0.25, 0.3) is 0 Å². The molecular weight excluding hydrogens is 319 g/mol. The van der Waals surface area contributed by atoms with Gasteiger partial charge >= 0.3 is 106 Å². The van der Waals surface area contributed by atoms with E-state index in [0.717, 1.165) is 0 Å². The number of halogens is 2. The zero-order valence-corrected chi connectivity index (χ0v) is 16.7. The molecule has 0 aromatic heterocycles. The molecular formula is C12H27Cl2GeP. The van der Waals surface area contributed by atoms with Gasteiger partial charge in [-0.1, -0.05) is 0 Å². The van der Waals surface area contributed by atoms with Gasteiger partial charge in [0.2, 0.25) is 0 Å². The number of rotatable bonds is 0. The molecule has 0 heterocycles. The summed E-state index contributed by atoms with van der Waals surface area (Å²) >= 11 is 14.2. The summed E-state index contributed by atoms with van der Waals surface area (Å²) in [6.45, 7) is 19.5. The van der Waals surface area contributed by atoms with Crippen LogP contribution in [0.4, 0.5) is 0 Å². The molecule has 0 aliphatic rings. The predicted molar refractivity (Wildman–Crippen MR) is 83.6 cm³/mol. The Balaban J connectivity index is 0. The molecule has 0 aromatic carbocycles. The Bertz CT molecular complexity index is 211. The van der Waals surface area contributed by atoms with Crippen LogP contribution in [0.2, 0.25) is 0 Å². The van der Waals surface area contributed by atoms with Crippen LogP contribution in [-0.4, -0.2) is 33.1 Å². The first-order valence-corrected chi connectivity index (χ1v) is 9.56. The van der Waals surface area contributed by atoms with Crippen molar-refractivity contribution < 1.29 is 0 Å². The Kier molecular flexibility index (Phi) is 5.70. The largest absolute Gasteiger partial charge is 0 e. The van der Waals surface area contributed by atoms with Crippen molar-refractivity contribution in [1.29, 1.82) is 0 Å². The molecule has 0 aromatic rings. The van der Waals surface area contributed by atoms with Gasteiger partial charge in [0.1, 0.15) is 0 Å². The third-order valence-electron chi connectivity index (χ3n) is 3.53. The molecule has 0 amide bonds. The first-order chi connectivity index (χ1) is 6.07. The minimum Gasteiger partial charge on any atom is 0 e. The van der Waals surface area contributed by atoms with E-state index in [-0.39, 0.29) is 33.1 Å². The summed E-state index contributed by atoms with van der Waals surface area (Å²) in [7, 11) is 0. The topological polar surface area (TPSA) is 0 Å². The van der Waals surface area contributed by atoms with Crippen LogP contribution in [0.3, 0.4) is 0 Å². The molecule has 0 fully saturated rings. The Morgan fingerprint density at radius 1 is 0.562 bits per heavy atom. The first-order valence-electron chi connectivity index (χ1n) is 5.51. The van der Waals surface area contributed by atoms with Crippen molar-refractivity contribution in [1.82, 2.24) is 0 Å². The third-order valence-corrected chi connectivity index (χ3v) is 19.7. The Morgan fingerprint density at radius 2 is 0.688 bits per heavy atom. The maximum atomic E-state index is 7.12. The molecule has 0 unspecified atom stereocenters. The normalized spacial score (nSPS) is 17.3. The van der Waals surface area contributed by atoms with Gasteiger partial charge in [-0.15, -0.1) is 0 Å². The molecule has 0 aliphatic carbocycles. The third kappa shape index (κ3) is 2.34. The number of hydrogen-bond acceptors (Lipinski definition) is 0. The van der Waals surface area contributed by atoms with Crippen molar-refractivity contribution in [3.63, 3.8) is 0 Å². The van der Waals surface area contributed by atoms with Crippen molar-refractivity contribution >= 4 is 45.4 Å². The van der Waals surface area contributed by atoms with Crippen LogP contribution in [0.5, 0.6) is 0 Å². The van der Waals surface area contributed by atoms with Crippen LogP contribution in [0.15, 0.2) is 0 Å². The molecule has 0 nitrogen and oxygen atoms in total. The zero-order valence-electron chi connectivity index (χ0n) is 12.2.